The maximum absolute atomic E-state index is 0. The molecular formula is H9AlBNY. The molecule has 0 amide bonds. The summed E-state index contributed by atoms with van der Waals surface area (Å²) in [5, 5.41) is 0. The summed E-state index contributed by atoms with van der Waals surface area (Å²) in [7, 11) is 0. The van der Waals surface area contributed by atoms with E-state index in [1.165, 1.54) is 0 Å². The van der Waals surface area contributed by atoms with E-state index in [1.807, 2.05) is 0 Å². The van der Waals surface area contributed by atoms with Crippen molar-refractivity contribution in [2.75, 3.05) is 0 Å². The smallest absolute Gasteiger partial charge is 0.187 e. The van der Waals surface area contributed by atoms with Crippen LogP contribution in [0.3, 0.4) is 0 Å². The van der Waals surface area contributed by atoms with E-state index < -0.39 is 0 Å². The molecule has 0 aliphatic heterocycles. The van der Waals surface area contributed by atoms with Gasteiger partial charge in [0.1, 0.15) is 0 Å². The van der Waals surface area contributed by atoms with Gasteiger partial charge in [0.15, 0.2) is 17.4 Å². The topological polar surface area (TPSA) is 35.0 Å². The van der Waals surface area contributed by atoms with Crippen LogP contribution in [0.4, 0.5) is 0 Å². The van der Waals surface area contributed by atoms with E-state index >= 15 is 0 Å². The van der Waals surface area contributed by atoms with Gasteiger partial charge >= 0.3 is 0 Å². The van der Waals surface area contributed by atoms with Crippen molar-refractivity contribution in [3.8, 4) is 0 Å². The van der Waals surface area contributed by atoms with Crippen molar-refractivity contribution >= 4 is 25.8 Å². The molecule has 0 rings (SSSR count). The average molecular weight is 150 g/mol. The molecule has 0 aromatic carbocycles. The summed E-state index contributed by atoms with van der Waals surface area (Å²) >= 11 is 0. The molecule has 0 saturated heterocycles. The predicted octanol–water partition coefficient (Wildman–Crippen LogP) is -2.21. The zero-order chi connectivity index (χ0) is 0. The fraction of sp³-hybridized carbons (Fsp3) is 0. The second-order valence-corrected chi connectivity index (χ2v) is 0. The van der Waals surface area contributed by atoms with Crippen molar-refractivity contribution in [1.82, 2.24) is 6.15 Å². The van der Waals surface area contributed by atoms with Crippen LogP contribution in [0.2, 0.25) is 0 Å². The molecule has 0 heterocycles. The Morgan fingerprint density at radius 3 is 1.00 bits per heavy atom. The van der Waals surface area contributed by atoms with Gasteiger partial charge in [0, 0.05) is 32.7 Å². The zero-order valence-corrected chi connectivity index (χ0v) is 4.12. The van der Waals surface area contributed by atoms with Crippen LogP contribution in [0, 0.1) is 0 Å². The Hall–Kier alpha value is 1.66. The summed E-state index contributed by atoms with van der Waals surface area (Å²) < 4.78 is 0. The van der Waals surface area contributed by atoms with Gasteiger partial charge in [-0.1, -0.05) is 0 Å². The molecule has 4 heavy (non-hydrogen) atoms. The summed E-state index contributed by atoms with van der Waals surface area (Å²) in [4.78, 5) is 0. The third-order valence-corrected chi connectivity index (χ3v) is 0. The predicted molar refractivity (Wildman–Crippen MR) is 24.9 cm³/mol. The first-order chi connectivity index (χ1) is 0. The fourth-order valence-corrected chi connectivity index (χ4v) is 0. The first-order valence-electron chi connectivity index (χ1n) is 0. The van der Waals surface area contributed by atoms with Gasteiger partial charge in [-0.25, -0.2) is 0 Å². The van der Waals surface area contributed by atoms with Gasteiger partial charge in [0.2, 0.25) is 0 Å². The Kier molecular flexibility index (Phi) is 252. The van der Waals surface area contributed by atoms with Crippen LogP contribution in [0.1, 0.15) is 0 Å². The number of hydrogen-bond acceptors (Lipinski definition) is 1. The molecule has 0 aromatic heterocycles. The van der Waals surface area contributed by atoms with Gasteiger partial charge in [0.05, 0.1) is 8.41 Å². The Morgan fingerprint density at radius 2 is 1.00 bits per heavy atom. The van der Waals surface area contributed by atoms with Crippen molar-refractivity contribution in [1.29, 1.82) is 0 Å². The van der Waals surface area contributed by atoms with Crippen LogP contribution in [0.15, 0.2) is 0 Å². The minimum absolute atomic E-state index is 0. The van der Waals surface area contributed by atoms with E-state index in [0.29, 0.717) is 0 Å². The second-order valence-electron chi connectivity index (χ2n) is 0. The summed E-state index contributed by atoms with van der Waals surface area (Å²) in [5.74, 6) is 0. The van der Waals surface area contributed by atoms with Crippen LogP contribution in [-0.2, 0) is 32.7 Å². The zero-order valence-electron chi connectivity index (χ0n) is 1.28. The first-order valence-corrected chi connectivity index (χ1v) is 0. The maximum atomic E-state index is 0. The number of hydrogen-bond donors (Lipinski definition) is 1. The van der Waals surface area contributed by atoms with Crippen LogP contribution in [0.5, 0.6) is 0 Å². The van der Waals surface area contributed by atoms with Crippen molar-refractivity contribution in [3.05, 3.63) is 0 Å². The summed E-state index contributed by atoms with van der Waals surface area (Å²) in [5.41, 5.74) is 0. The normalized spacial score (nSPS) is 0. The van der Waals surface area contributed by atoms with Crippen molar-refractivity contribution in [2.24, 2.45) is 0 Å². The minimum Gasteiger partial charge on any atom is -0.344 e. The summed E-state index contributed by atoms with van der Waals surface area (Å²) in [6.45, 7) is 0. The third-order valence-electron chi connectivity index (χ3n) is 0. The molecule has 0 aromatic rings. The van der Waals surface area contributed by atoms with Crippen LogP contribution < -0.4 is 6.15 Å². The quantitative estimate of drug-likeness (QED) is 0.390. The summed E-state index contributed by atoms with van der Waals surface area (Å²) in [6, 6.07) is 0. The molecule has 0 unspecified atom stereocenters. The standard InChI is InChI=1S/Al.BH3.H3N.Y.3H/h;2*1H3;;;;. The van der Waals surface area contributed by atoms with Gasteiger partial charge in [-0.2, -0.15) is 0 Å². The molecule has 0 aliphatic carbocycles. The molecule has 0 spiro atoms. The van der Waals surface area contributed by atoms with Gasteiger partial charge in [-0.15, -0.1) is 0 Å². The van der Waals surface area contributed by atoms with E-state index in [4.69, 9.17) is 0 Å². The SMILES string of the molecule is B.N.[AlH3].[Y]. The Labute approximate surface area is 64.1 Å². The van der Waals surface area contributed by atoms with Crippen molar-refractivity contribution in [3.63, 3.8) is 0 Å². The summed E-state index contributed by atoms with van der Waals surface area (Å²) in [6.07, 6.45) is 0. The van der Waals surface area contributed by atoms with Crippen molar-refractivity contribution < 1.29 is 32.7 Å². The van der Waals surface area contributed by atoms with E-state index in [9.17, 15) is 0 Å². The van der Waals surface area contributed by atoms with Crippen LogP contribution >= 0.6 is 0 Å². The Balaban J connectivity index is 0. The van der Waals surface area contributed by atoms with E-state index in [-0.39, 0.29) is 64.6 Å². The molecule has 0 fully saturated rings. The van der Waals surface area contributed by atoms with Gasteiger partial charge in [-0.3, -0.25) is 0 Å². The van der Waals surface area contributed by atoms with Gasteiger partial charge < -0.3 is 6.15 Å². The van der Waals surface area contributed by atoms with E-state index in [0.717, 1.165) is 0 Å². The molecule has 0 aliphatic rings. The molecule has 3 N–H and O–H groups in total. The molecule has 1 nitrogen and oxygen atoms in total. The number of rotatable bonds is 0. The van der Waals surface area contributed by atoms with Crippen molar-refractivity contribution in [2.45, 2.75) is 0 Å². The second kappa shape index (κ2) is 22.6. The molecule has 0 atom stereocenters. The van der Waals surface area contributed by atoms with Gasteiger partial charge in [0.25, 0.3) is 0 Å². The molecule has 23 valence electrons. The maximum Gasteiger partial charge on any atom is 0.187 e. The van der Waals surface area contributed by atoms with Crippen LogP contribution in [-0.4, -0.2) is 25.8 Å². The minimum atomic E-state index is 0. The molecule has 0 bridgehead atoms. The largest absolute Gasteiger partial charge is 0.344 e. The van der Waals surface area contributed by atoms with Gasteiger partial charge in [-0.05, 0) is 0 Å². The monoisotopic (exact) mass is 150 g/mol. The van der Waals surface area contributed by atoms with Crippen LogP contribution in [0.25, 0.3) is 0 Å². The molecule has 4 heteroatoms. The Morgan fingerprint density at radius 1 is 1.00 bits per heavy atom. The fourth-order valence-electron chi connectivity index (χ4n) is 0. The average Bonchev–Trinajstić information content (AvgIpc) is 0. The first kappa shape index (κ1) is 44.6. The molecular weight excluding hydrogens is 141 g/mol. The molecule has 1 radical (unpaired) electrons. The third kappa shape index (κ3) is 9.40. The van der Waals surface area contributed by atoms with E-state index in [1.54, 1.807) is 0 Å². The molecule has 0 saturated carbocycles. The Bertz CT molecular complexity index is 8.00. The van der Waals surface area contributed by atoms with E-state index in [2.05, 4.69) is 0 Å².